The zero-order chi connectivity index (χ0) is 23.1. The monoisotopic (exact) mass is 443 g/mol. The molecule has 0 saturated carbocycles. The molecule has 0 radical (unpaired) electrons. The second-order valence-electron chi connectivity index (χ2n) is 9.03. The number of nitrogens with one attached hydrogen (secondary N) is 1. The molecule has 0 atom stereocenters. The van der Waals surface area contributed by atoms with E-state index < -0.39 is 5.60 Å². The molecule has 0 unspecified atom stereocenters. The van der Waals surface area contributed by atoms with Crippen LogP contribution in [0.5, 0.6) is 5.75 Å². The molecule has 2 aromatic rings. The number of anilines is 2. The molecule has 174 valence electrons. The number of rotatable bonds is 7. The molecule has 1 saturated heterocycles. The molecule has 32 heavy (non-hydrogen) atoms. The summed E-state index contributed by atoms with van der Waals surface area (Å²) < 4.78 is 11.3. The van der Waals surface area contributed by atoms with E-state index in [1.54, 1.807) is 23.1 Å². The summed E-state index contributed by atoms with van der Waals surface area (Å²) in [5.74, 6) is 0.975. The van der Waals surface area contributed by atoms with E-state index in [1.807, 2.05) is 51.1 Å². The molecule has 1 amide bonds. The van der Waals surface area contributed by atoms with Gasteiger partial charge in [0.1, 0.15) is 23.6 Å². The molecule has 3 N–H and O–H groups in total. The van der Waals surface area contributed by atoms with Crippen LogP contribution in [0.3, 0.4) is 0 Å². The van der Waals surface area contributed by atoms with E-state index in [0.29, 0.717) is 43.6 Å². The number of ether oxygens (including phenoxy) is 2. The molecule has 1 aliphatic rings. The maximum absolute atomic E-state index is 12.2. The molecule has 0 aliphatic carbocycles. The summed E-state index contributed by atoms with van der Waals surface area (Å²) in [5, 5.41) is 22.6. The number of piperidine rings is 1. The van der Waals surface area contributed by atoms with E-state index in [2.05, 4.69) is 5.32 Å². The minimum absolute atomic E-state index is 0.106. The Hall–Kier alpha value is -2.97. The first kappa shape index (κ1) is 23.7. The van der Waals surface area contributed by atoms with Crippen LogP contribution in [0, 0.1) is 5.92 Å². The van der Waals surface area contributed by atoms with Crippen molar-refractivity contribution in [3.8, 4) is 5.75 Å². The van der Waals surface area contributed by atoms with Crippen molar-refractivity contribution in [3.05, 3.63) is 54.1 Å². The normalized spacial score (nSPS) is 14.7. The largest absolute Gasteiger partial charge is 0.489 e. The van der Waals surface area contributed by atoms with Crippen molar-refractivity contribution in [1.29, 1.82) is 0 Å². The summed E-state index contributed by atoms with van der Waals surface area (Å²) in [6.07, 6.45) is 1.41. The van der Waals surface area contributed by atoms with Crippen LogP contribution in [-0.2, 0) is 11.3 Å². The molecular formula is C24H33N3O5. The van der Waals surface area contributed by atoms with Crippen molar-refractivity contribution in [1.82, 2.24) is 4.90 Å². The van der Waals surface area contributed by atoms with Gasteiger partial charge in [0.05, 0.1) is 5.69 Å². The topological polar surface area (TPSA) is 94.5 Å². The van der Waals surface area contributed by atoms with Gasteiger partial charge in [-0.2, -0.15) is 0 Å². The maximum Gasteiger partial charge on any atom is 0.410 e. The Labute approximate surface area is 189 Å². The number of amides is 1. The fraction of sp³-hybridized carbons (Fsp3) is 0.458. The van der Waals surface area contributed by atoms with E-state index in [0.717, 1.165) is 18.4 Å². The summed E-state index contributed by atoms with van der Waals surface area (Å²) >= 11 is 0. The number of nitrogens with zero attached hydrogens (tertiary/aromatic N) is 2. The zero-order valence-electron chi connectivity index (χ0n) is 19.0. The van der Waals surface area contributed by atoms with Gasteiger partial charge in [0.15, 0.2) is 0 Å². The first-order chi connectivity index (χ1) is 15.2. The van der Waals surface area contributed by atoms with Crippen LogP contribution >= 0.6 is 0 Å². The average molecular weight is 444 g/mol. The molecule has 0 spiro atoms. The van der Waals surface area contributed by atoms with Crippen molar-refractivity contribution in [2.75, 3.05) is 30.2 Å². The molecule has 1 aliphatic heterocycles. The number of benzene rings is 2. The lowest BCUT2D eigenvalue weighted by Crippen LogP contribution is -2.42. The predicted molar refractivity (Wildman–Crippen MR) is 122 cm³/mol. The Morgan fingerprint density at radius 1 is 1.12 bits per heavy atom. The first-order valence-corrected chi connectivity index (χ1v) is 10.9. The third-order valence-corrected chi connectivity index (χ3v) is 5.28. The van der Waals surface area contributed by atoms with Crippen molar-refractivity contribution >= 4 is 17.5 Å². The van der Waals surface area contributed by atoms with Crippen LogP contribution in [0.4, 0.5) is 16.2 Å². The van der Waals surface area contributed by atoms with Gasteiger partial charge in [-0.05, 0) is 57.2 Å². The molecule has 1 heterocycles. The third kappa shape index (κ3) is 7.03. The number of likely N-dealkylation sites (tertiary alicyclic amines) is 1. The Morgan fingerprint density at radius 2 is 1.81 bits per heavy atom. The van der Waals surface area contributed by atoms with Crippen molar-refractivity contribution in [2.45, 2.75) is 45.8 Å². The fourth-order valence-corrected chi connectivity index (χ4v) is 3.56. The number of hydrogen-bond donors (Lipinski definition) is 3. The summed E-state index contributed by atoms with van der Waals surface area (Å²) in [5.41, 5.74) is 1.35. The summed E-state index contributed by atoms with van der Waals surface area (Å²) in [6.45, 7) is 7.93. The van der Waals surface area contributed by atoms with E-state index in [9.17, 15) is 15.2 Å². The van der Waals surface area contributed by atoms with Gasteiger partial charge in [0.25, 0.3) is 0 Å². The van der Waals surface area contributed by atoms with Crippen LogP contribution in [0.2, 0.25) is 0 Å². The van der Waals surface area contributed by atoms with Gasteiger partial charge < -0.3 is 19.7 Å². The highest BCUT2D eigenvalue weighted by Gasteiger charge is 2.27. The lowest BCUT2D eigenvalue weighted by atomic mass is 9.97. The second-order valence-corrected chi connectivity index (χ2v) is 9.03. The highest BCUT2D eigenvalue weighted by molar-refractivity contribution is 5.70. The van der Waals surface area contributed by atoms with Crippen LogP contribution in [0.15, 0.2) is 48.5 Å². The Bertz CT molecular complexity index is 875. The second kappa shape index (κ2) is 10.6. The molecule has 2 aromatic carbocycles. The van der Waals surface area contributed by atoms with Gasteiger partial charge in [0, 0.05) is 25.7 Å². The van der Waals surface area contributed by atoms with Gasteiger partial charge in [-0.25, -0.2) is 4.79 Å². The molecule has 1 fully saturated rings. The smallest absolute Gasteiger partial charge is 0.410 e. The number of carbonyl (C=O) groups is 1. The number of hydrogen-bond acceptors (Lipinski definition) is 7. The van der Waals surface area contributed by atoms with Crippen molar-refractivity contribution in [2.24, 2.45) is 5.92 Å². The molecule has 8 nitrogen and oxygen atoms in total. The predicted octanol–water partition coefficient (Wildman–Crippen LogP) is 4.91. The van der Waals surface area contributed by atoms with Crippen molar-refractivity contribution in [3.63, 3.8) is 0 Å². The first-order valence-electron chi connectivity index (χ1n) is 10.9. The zero-order valence-corrected chi connectivity index (χ0v) is 19.0. The number of carbonyl (C=O) groups excluding carboxylic acids is 1. The Morgan fingerprint density at radius 3 is 2.44 bits per heavy atom. The van der Waals surface area contributed by atoms with Gasteiger partial charge in [-0.15, -0.1) is 5.23 Å². The average Bonchev–Trinajstić information content (AvgIpc) is 2.76. The summed E-state index contributed by atoms with van der Waals surface area (Å²) in [6, 6.07) is 14.9. The van der Waals surface area contributed by atoms with E-state index in [-0.39, 0.29) is 17.0 Å². The van der Waals surface area contributed by atoms with Crippen LogP contribution in [0.25, 0.3) is 0 Å². The molecule has 8 heteroatoms. The van der Waals surface area contributed by atoms with E-state index in [1.165, 1.54) is 0 Å². The van der Waals surface area contributed by atoms with Gasteiger partial charge in [-0.1, -0.05) is 30.3 Å². The van der Waals surface area contributed by atoms with E-state index >= 15 is 0 Å². The molecular weight excluding hydrogens is 410 g/mol. The SMILES string of the molecule is CC(C)(C)OC(=O)N1CCC(CNc2cc(OCc3ccccc3)ccc2N(O)O)CC1. The Kier molecular flexibility index (Phi) is 7.82. The summed E-state index contributed by atoms with van der Waals surface area (Å²) in [4.78, 5) is 14.0. The lowest BCUT2D eigenvalue weighted by molar-refractivity contribution is 0.0186. The minimum atomic E-state index is -0.500. The third-order valence-electron chi connectivity index (χ3n) is 5.28. The maximum atomic E-state index is 12.2. The Balaban J connectivity index is 1.55. The summed E-state index contributed by atoms with van der Waals surface area (Å²) in [7, 11) is 0. The highest BCUT2D eigenvalue weighted by atomic mass is 16.8. The van der Waals surface area contributed by atoms with Gasteiger partial charge in [-0.3, -0.25) is 10.4 Å². The lowest BCUT2D eigenvalue weighted by Gasteiger charge is -2.33. The molecule has 3 rings (SSSR count). The molecule has 0 aromatic heterocycles. The van der Waals surface area contributed by atoms with Crippen molar-refractivity contribution < 1.29 is 24.7 Å². The standard InChI is InChI=1S/C24H33N3O5/c1-24(2,3)32-23(28)26-13-11-18(12-14-26)16-25-21-15-20(9-10-22(21)27(29)30)31-17-19-7-5-4-6-8-19/h4-10,15,18,25,29-30H,11-14,16-17H2,1-3H3. The quantitative estimate of drug-likeness (QED) is 0.524. The van der Waals surface area contributed by atoms with E-state index in [4.69, 9.17) is 9.47 Å². The highest BCUT2D eigenvalue weighted by Crippen LogP contribution is 2.30. The van der Waals surface area contributed by atoms with Crippen LogP contribution < -0.4 is 15.3 Å². The minimum Gasteiger partial charge on any atom is -0.489 e. The van der Waals surface area contributed by atoms with Gasteiger partial charge >= 0.3 is 6.09 Å². The fourth-order valence-electron chi connectivity index (χ4n) is 3.56. The molecule has 0 bridgehead atoms. The van der Waals surface area contributed by atoms with Crippen LogP contribution in [0.1, 0.15) is 39.2 Å². The van der Waals surface area contributed by atoms with Gasteiger partial charge in [0.2, 0.25) is 0 Å². The van der Waals surface area contributed by atoms with Crippen LogP contribution in [-0.4, -0.2) is 46.6 Å².